The van der Waals surface area contributed by atoms with Crippen LogP contribution in [0.2, 0.25) is 5.02 Å². The number of methoxy groups -OCH3 is 1. The van der Waals surface area contributed by atoms with Crippen LogP contribution in [0.1, 0.15) is 25.5 Å². The molecule has 0 saturated heterocycles. The van der Waals surface area contributed by atoms with E-state index in [1.165, 1.54) is 7.11 Å². The molecule has 1 aromatic carbocycles. The third kappa shape index (κ3) is 7.45. The molecular weight excluding hydrogens is 318 g/mol. The van der Waals surface area contributed by atoms with Crippen molar-refractivity contribution in [3.8, 4) is 0 Å². The lowest BCUT2D eigenvalue weighted by atomic mass is 9.96. The zero-order valence-electron chi connectivity index (χ0n) is 13.7. The highest BCUT2D eigenvalue weighted by molar-refractivity contribution is 6.30. The van der Waals surface area contributed by atoms with Crippen LogP contribution in [0.4, 0.5) is 4.79 Å². The van der Waals surface area contributed by atoms with Gasteiger partial charge in [-0.05, 0) is 23.6 Å². The van der Waals surface area contributed by atoms with Gasteiger partial charge in [-0.2, -0.15) is 0 Å². The van der Waals surface area contributed by atoms with E-state index in [1.54, 1.807) is 0 Å². The Kier molecular flexibility index (Phi) is 8.61. The van der Waals surface area contributed by atoms with Crippen molar-refractivity contribution in [2.45, 2.75) is 19.9 Å². The van der Waals surface area contributed by atoms with Crippen LogP contribution in [0.15, 0.2) is 24.3 Å². The Morgan fingerprint density at radius 2 is 1.87 bits per heavy atom. The van der Waals surface area contributed by atoms with Crippen LogP contribution in [-0.2, 0) is 9.53 Å². The van der Waals surface area contributed by atoms with Crippen molar-refractivity contribution in [2.24, 2.45) is 5.92 Å². The van der Waals surface area contributed by atoms with Crippen LogP contribution in [0.25, 0.3) is 0 Å². The number of carbonyl (C=O) groups is 2. The molecule has 7 heteroatoms. The zero-order valence-corrected chi connectivity index (χ0v) is 14.4. The number of amides is 3. The topological polar surface area (TPSA) is 79.5 Å². The number of hydrogen-bond donors (Lipinski definition) is 3. The van der Waals surface area contributed by atoms with E-state index in [-0.39, 0.29) is 24.4 Å². The summed E-state index contributed by atoms with van der Waals surface area (Å²) in [5.74, 6) is -0.112. The first-order chi connectivity index (χ1) is 10.9. The molecule has 0 aromatic heterocycles. The molecule has 0 saturated carbocycles. The average Bonchev–Trinajstić information content (AvgIpc) is 2.49. The van der Waals surface area contributed by atoms with Crippen molar-refractivity contribution in [1.29, 1.82) is 0 Å². The molecular formula is C16H24ClN3O3. The first-order valence-electron chi connectivity index (χ1n) is 7.49. The molecule has 0 bridgehead atoms. The Morgan fingerprint density at radius 1 is 1.22 bits per heavy atom. The van der Waals surface area contributed by atoms with Gasteiger partial charge in [0, 0.05) is 24.7 Å². The quantitative estimate of drug-likeness (QED) is 0.633. The van der Waals surface area contributed by atoms with Crippen LogP contribution >= 0.6 is 11.6 Å². The molecule has 0 spiro atoms. The molecule has 0 unspecified atom stereocenters. The molecule has 1 rings (SSSR count). The van der Waals surface area contributed by atoms with Gasteiger partial charge in [0.15, 0.2) is 0 Å². The van der Waals surface area contributed by atoms with Gasteiger partial charge in [0.25, 0.3) is 0 Å². The standard InChI is InChI=1S/C16H24ClN3O3/c1-11(2)15(12-4-6-13(17)7-5-12)19-10-14(21)20-16(22)18-8-9-23-3/h4-7,11,15,19H,8-10H2,1-3H3,(H2,18,20,21,22)/t15-/m1/s1. The largest absolute Gasteiger partial charge is 0.383 e. The summed E-state index contributed by atoms with van der Waals surface area (Å²) in [5, 5.41) is 8.63. The van der Waals surface area contributed by atoms with Gasteiger partial charge in [-0.25, -0.2) is 4.79 Å². The van der Waals surface area contributed by atoms with E-state index in [4.69, 9.17) is 16.3 Å². The molecule has 23 heavy (non-hydrogen) atoms. The monoisotopic (exact) mass is 341 g/mol. The lowest BCUT2D eigenvalue weighted by molar-refractivity contribution is -0.119. The zero-order chi connectivity index (χ0) is 17.2. The highest BCUT2D eigenvalue weighted by Gasteiger charge is 2.17. The fourth-order valence-corrected chi connectivity index (χ4v) is 2.22. The maximum Gasteiger partial charge on any atom is 0.321 e. The molecule has 1 aromatic rings. The molecule has 0 aliphatic carbocycles. The first kappa shape index (κ1) is 19.4. The molecule has 0 aliphatic heterocycles. The molecule has 3 amide bonds. The van der Waals surface area contributed by atoms with Crippen molar-refractivity contribution in [3.63, 3.8) is 0 Å². The number of carbonyl (C=O) groups excluding carboxylic acids is 2. The molecule has 1 atom stereocenters. The summed E-state index contributed by atoms with van der Waals surface area (Å²) < 4.78 is 4.81. The number of halogens is 1. The summed E-state index contributed by atoms with van der Waals surface area (Å²) in [6, 6.07) is 6.95. The van der Waals surface area contributed by atoms with E-state index in [1.807, 2.05) is 24.3 Å². The van der Waals surface area contributed by atoms with Crippen LogP contribution in [0.5, 0.6) is 0 Å². The maximum atomic E-state index is 11.8. The van der Waals surface area contributed by atoms with Gasteiger partial charge in [0.05, 0.1) is 13.2 Å². The lowest BCUT2D eigenvalue weighted by Crippen LogP contribution is -2.45. The number of urea groups is 1. The normalized spacial score (nSPS) is 12.0. The second-order valence-corrected chi connectivity index (χ2v) is 5.89. The van der Waals surface area contributed by atoms with Crippen molar-refractivity contribution >= 4 is 23.5 Å². The van der Waals surface area contributed by atoms with Gasteiger partial charge < -0.3 is 15.4 Å². The third-order valence-corrected chi connectivity index (χ3v) is 3.47. The van der Waals surface area contributed by atoms with Crippen LogP contribution in [0, 0.1) is 5.92 Å². The fraction of sp³-hybridized carbons (Fsp3) is 0.500. The minimum atomic E-state index is -0.526. The van der Waals surface area contributed by atoms with Crippen LogP contribution < -0.4 is 16.0 Å². The van der Waals surface area contributed by atoms with Gasteiger partial charge in [0.1, 0.15) is 0 Å². The second kappa shape index (κ2) is 10.2. The Labute approximate surface area is 141 Å². The van der Waals surface area contributed by atoms with Gasteiger partial charge >= 0.3 is 6.03 Å². The molecule has 6 nitrogen and oxygen atoms in total. The summed E-state index contributed by atoms with van der Waals surface area (Å²) in [6.07, 6.45) is 0. The molecule has 0 radical (unpaired) electrons. The first-order valence-corrected chi connectivity index (χ1v) is 7.87. The molecule has 0 aliphatic rings. The second-order valence-electron chi connectivity index (χ2n) is 5.45. The van der Waals surface area contributed by atoms with E-state index in [0.29, 0.717) is 18.2 Å². The average molecular weight is 342 g/mol. The Balaban J connectivity index is 2.47. The van der Waals surface area contributed by atoms with Crippen molar-refractivity contribution < 1.29 is 14.3 Å². The van der Waals surface area contributed by atoms with E-state index in [9.17, 15) is 9.59 Å². The third-order valence-electron chi connectivity index (χ3n) is 3.22. The number of nitrogens with one attached hydrogen (secondary N) is 3. The minimum Gasteiger partial charge on any atom is -0.383 e. The van der Waals surface area contributed by atoms with Crippen molar-refractivity contribution in [1.82, 2.24) is 16.0 Å². The molecule has 3 N–H and O–H groups in total. The molecule has 0 fully saturated rings. The number of benzene rings is 1. The predicted molar refractivity (Wildman–Crippen MR) is 90.5 cm³/mol. The van der Waals surface area contributed by atoms with E-state index in [2.05, 4.69) is 29.8 Å². The van der Waals surface area contributed by atoms with Crippen LogP contribution in [-0.4, -0.2) is 38.7 Å². The minimum absolute atomic E-state index is 0.00503. The predicted octanol–water partition coefficient (Wildman–Crippen LogP) is 2.10. The highest BCUT2D eigenvalue weighted by Crippen LogP contribution is 2.22. The van der Waals surface area contributed by atoms with E-state index in [0.717, 1.165) is 5.56 Å². The van der Waals surface area contributed by atoms with Crippen LogP contribution in [0.3, 0.4) is 0 Å². The number of ether oxygens (including phenoxy) is 1. The Bertz CT molecular complexity index is 506. The maximum absolute atomic E-state index is 11.8. The summed E-state index contributed by atoms with van der Waals surface area (Å²) in [5.41, 5.74) is 1.04. The summed E-state index contributed by atoms with van der Waals surface area (Å²) in [7, 11) is 1.54. The van der Waals surface area contributed by atoms with Gasteiger partial charge in [-0.3, -0.25) is 10.1 Å². The van der Waals surface area contributed by atoms with Crippen molar-refractivity contribution in [2.75, 3.05) is 26.8 Å². The lowest BCUT2D eigenvalue weighted by Gasteiger charge is -2.22. The SMILES string of the molecule is COCCNC(=O)NC(=O)CN[C@@H](c1ccc(Cl)cc1)C(C)C. The van der Waals surface area contributed by atoms with Gasteiger partial charge in [-0.15, -0.1) is 0 Å². The summed E-state index contributed by atoms with van der Waals surface area (Å²) in [4.78, 5) is 23.3. The summed E-state index contributed by atoms with van der Waals surface area (Å²) >= 11 is 5.89. The number of hydrogen-bond acceptors (Lipinski definition) is 4. The van der Waals surface area contributed by atoms with E-state index < -0.39 is 6.03 Å². The van der Waals surface area contributed by atoms with Gasteiger partial charge in [0.2, 0.25) is 5.91 Å². The van der Waals surface area contributed by atoms with Crippen molar-refractivity contribution in [3.05, 3.63) is 34.9 Å². The fourth-order valence-electron chi connectivity index (χ4n) is 2.09. The highest BCUT2D eigenvalue weighted by atomic mass is 35.5. The molecule has 0 heterocycles. The Hall–Kier alpha value is -1.63. The van der Waals surface area contributed by atoms with E-state index >= 15 is 0 Å². The number of imide groups is 1. The molecule has 128 valence electrons. The number of rotatable bonds is 8. The van der Waals surface area contributed by atoms with Gasteiger partial charge in [-0.1, -0.05) is 37.6 Å². The smallest absolute Gasteiger partial charge is 0.321 e. The summed E-state index contributed by atoms with van der Waals surface area (Å²) in [6.45, 7) is 4.90. The Morgan fingerprint density at radius 3 is 2.43 bits per heavy atom.